The van der Waals surface area contributed by atoms with Crippen LogP contribution < -0.4 is 10.1 Å². The Labute approximate surface area is 120 Å². The van der Waals surface area contributed by atoms with Gasteiger partial charge in [0.1, 0.15) is 11.5 Å². The summed E-state index contributed by atoms with van der Waals surface area (Å²) in [5.41, 5.74) is 1.16. The van der Waals surface area contributed by atoms with Crippen molar-refractivity contribution in [3.8, 4) is 5.75 Å². The average molecular weight is 273 g/mol. The molecule has 0 bridgehead atoms. The zero-order chi connectivity index (χ0) is 13.9. The normalized spacial score (nSPS) is 27.8. The fourth-order valence-corrected chi connectivity index (χ4v) is 3.75. The van der Waals surface area contributed by atoms with Crippen molar-refractivity contribution in [1.82, 2.24) is 5.32 Å². The largest absolute Gasteiger partial charge is 0.497 e. The molecule has 3 nitrogen and oxygen atoms in total. The van der Waals surface area contributed by atoms with Gasteiger partial charge in [0.2, 0.25) is 0 Å². The number of rotatable bonds is 3. The summed E-state index contributed by atoms with van der Waals surface area (Å²) in [5, 5.41) is 3.41. The molecule has 2 fully saturated rings. The van der Waals surface area contributed by atoms with Crippen LogP contribution in [0.4, 0.5) is 0 Å². The minimum Gasteiger partial charge on any atom is -0.497 e. The fraction of sp³-hybridized carbons (Fsp3) is 0.588. The minimum atomic E-state index is 0.112. The van der Waals surface area contributed by atoms with Crippen LogP contribution in [-0.4, -0.2) is 26.0 Å². The number of carbonyl (C=O) groups is 1. The Morgan fingerprint density at radius 1 is 1.10 bits per heavy atom. The van der Waals surface area contributed by atoms with Crippen LogP contribution in [0.1, 0.15) is 37.2 Å². The van der Waals surface area contributed by atoms with Crippen LogP contribution in [0.5, 0.6) is 5.75 Å². The standard InChI is InChI=1S/C17H23NO2/c1-20-15-4-2-13(3-5-15)16-10-14(11-17(16)19)12-6-8-18-9-7-12/h2-5,12,14,16,18H,6-11H2,1H3. The molecule has 0 radical (unpaired) electrons. The summed E-state index contributed by atoms with van der Waals surface area (Å²) in [4.78, 5) is 12.3. The summed E-state index contributed by atoms with van der Waals surface area (Å²) in [6, 6.07) is 8.01. The van der Waals surface area contributed by atoms with Gasteiger partial charge >= 0.3 is 0 Å². The lowest BCUT2D eigenvalue weighted by molar-refractivity contribution is -0.118. The zero-order valence-electron chi connectivity index (χ0n) is 12.1. The fourth-order valence-electron chi connectivity index (χ4n) is 3.75. The first-order valence-corrected chi connectivity index (χ1v) is 7.65. The van der Waals surface area contributed by atoms with Gasteiger partial charge in [0, 0.05) is 12.3 Å². The van der Waals surface area contributed by atoms with Crippen molar-refractivity contribution < 1.29 is 9.53 Å². The number of carbonyl (C=O) groups excluding carboxylic acids is 1. The highest BCUT2D eigenvalue weighted by molar-refractivity contribution is 5.88. The lowest BCUT2D eigenvalue weighted by Crippen LogP contribution is -2.31. The number of hydrogen-bond donors (Lipinski definition) is 1. The smallest absolute Gasteiger partial charge is 0.140 e. The van der Waals surface area contributed by atoms with Gasteiger partial charge in [-0.25, -0.2) is 0 Å². The molecule has 0 spiro atoms. The first-order valence-electron chi connectivity index (χ1n) is 7.65. The predicted octanol–water partition coefficient (Wildman–Crippen LogP) is 2.76. The number of piperidine rings is 1. The lowest BCUT2D eigenvalue weighted by atomic mass is 9.83. The van der Waals surface area contributed by atoms with E-state index in [1.165, 1.54) is 12.8 Å². The van der Waals surface area contributed by atoms with Gasteiger partial charge in [-0.2, -0.15) is 0 Å². The zero-order valence-corrected chi connectivity index (χ0v) is 12.1. The number of hydrogen-bond acceptors (Lipinski definition) is 3. The quantitative estimate of drug-likeness (QED) is 0.920. The van der Waals surface area contributed by atoms with Gasteiger partial charge in [-0.05, 0) is 61.9 Å². The van der Waals surface area contributed by atoms with E-state index in [1.807, 2.05) is 24.3 Å². The van der Waals surface area contributed by atoms with Gasteiger partial charge in [-0.1, -0.05) is 12.1 Å². The summed E-state index contributed by atoms with van der Waals surface area (Å²) >= 11 is 0. The Morgan fingerprint density at radius 2 is 1.80 bits per heavy atom. The summed E-state index contributed by atoms with van der Waals surface area (Å²) in [6.07, 6.45) is 4.28. The predicted molar refractivity (Wildman–Crippen MR) is 79.1 cm³/mol. The molecule has 2 atom stereocenters. The van der Waals surface area contributed by atoms with E-state index in [0.717, 1.165) is 43.2 Å². The Bertz CT molecular complexity index is 462. The molecule has 1 saturated heterocycles. The molecule has 108 valence electrons. The molecule has 2 unspecified atom stereocenters. The van der Waals surface area contributed by atoms with E-state index < -0.39 is 0 Å². The second kappa shape index (κ2) is 5.96. The van der Waals surface area contributed by atoms with Crippen LogP contribution in [0, 0.1) is 11.8 Å². The number of benzene rings is 1. The first-order chi connectivity index (χ1) is 9.78. The van der Waals surface area contributed by atoms with Crippen molar-refractivity contribution in [2.45, 2.75) is 31.6 Å². The van der Waals surface area contributed by atoms with Gasteiger partial charge in [0.05, 0.1) is 7.11 Å². The maximum absolute atomic E-state index is 12.3. The molecule has 20 heavy (non-hydrogen) atoms. The van der Waals surface area contributed by atoms with Crippen LogP contribution in [0.2, 0.25) is 0 Å². The van der Waals surface area contributed by atoms with Crippen LogP contribution >= 0.6 is 0 Å². The molecule has 1 aromatic rings. The van der Waals surface area contributed by atoms with Gasteiger partial charge in [0.25, 0.3) is 0 Å². The molecule has 0 aromatic heterocycles. The van der Waals surface area contributed by atoms with Gasteiger partial charge in [-0.3, -0.25) is 4.79 Å². The van der Waals surface area contributed by atoms with E-state index in [4.69, 9.17) is 4.74 Å². The third-order valence-electron chi connectivity index (χ3n) is 4.96. The molecule has 3 heteroatoms. The highest BCUT2D eigenvalue weighted by Crippen LogP contribution is 2.41. The minimum absolute atomic E-state index is 0.112. The van der Waals surface area contributed by atoms with E-state index in [1.54, 1.807) is 7.11 Å². The van der Waals surface area contributed by atoms with Crippen LogP contribution in [0.3, 0.4) is 0 Å². The maximum Gasteiger partial charge on any atom is 0.140 e. The highest BCUT2D eigenvalue weighted by atomic mass is 16.5. The molecule has 1 heterocycles. The van der Waals surface area contributed by atoms with E-state index in [2.05, 4.69) is 5.32 Å². The van der Waals surface area contributed by atoms with Crippen molar-refractivity contribution >= 4 is 5.78 Å². The number of ketones is 1. The molecule has 1 saturated carbocycles. The van der Waals surface area contributed by atoms with Crippen LogP contribution in [-0.2, 0) is 4.79 Å². The number of ether oxygens (including phenoxy) is 1. The molecule has 1 aliphatic carbocycles. The number of nitrogens with one attached hydrogen (secondary N) is 1. The summed E-state index contributed by atoms with van der Waals surface area (Å²) < 4.78 is 5.18. The Balaban J connectivity index is 1.69. The second-order valence-corrected chi connectivity index (χ2v) is 6.08. The Morgan fingerprint density at radius 3 is 2.45 bits per heavy atom. The highest BCUT2D eigenvalue weighted by Gasteiger charge is 2.37. The topological polar surface area (TPSA) is 38.3 Å². The molecule has 0 amide bonds. The van der Waals surface area contributed by atoms with E-state index in [0.29, 0.717) is 11.7 Å². The third kappa shape index (κ3) is 2.73. The molecular weight excluding hydrogens is 250 g/mol. The summed E-state index contributed by atoms with van der Waals surface area (Å²) in [5.74, 6) is 2.73. The molecule has 2 aliphatic rings. The monoisotopic (exact) mass is 273 g/mol. The number of Topliss-reactive ketones (excluding diaryl/α,β-unsaturated/α-hetero) is 1. The van der Waals surface area contributed by atoms with Gasteiger partial charge in [0.15, 0.2) is 0 Å². The first kappa shape index (κ1) is 13.6. The number of methoxy groups -OCH3 is 1. The summed E-state index contributed by atoms with van der Waals surface area (Å²) in [7, 11) is 1.67. The third-order valence-corrected chi connectivity index (χ3v) is 4.96. The van der Waals surface area contributed by atoms with Crippen LogP contribution in [0.15, 0.2) is 24.3 Å². The van der Waals surface area contributed by atoms with E-state index in [-0.39, 0.29) is 5.92 Å². The Kier molecular flexibility index (Phi) is 4.06. The Hall–Kier alpha value is -1.35. The molecule has 3 rings (SSSR count). The molecule has 1 aromatic carbocycles. The summed E-state index contributed by atoms with van der Waals surface area (Å²) in [6.45, 7) is 2.23. The maximum atomic E-state index is 12.3. The van der Waals surface area contributed by atoms with Gasteiger partial charge < -0.3 is 10.1 Å². The SMILES string of the molecule is COc1ccc(C2CC(C3CCNCC3)CC2=O)cc1. The molecule has 1 N–H and O–H groups in total. The molecule has 1 aliphatic heterocycles. The van der Waals surface area contributed by atoms with E-state index in [9.17, 15) is 4.79 Å². The van der Waals surface area contributed by atoms with Gasteiger partial charge in [-0.15, -0.1) is 0 Å². The van der Waals surface area contributed by atoms with Crippen molar-refractivity contribution in [2.24, 2.45) is 11.8 Å². The van der Waals surface area contributed by atoms with Crippen LogP contribution in [0.25, 0.3) is 0 Å². The van der Waals surface area contributed by atoms with E-state index >= 15 is 0 Å². The van der Waals surface area contributed by atoms with Crippen molar-refractivity contribution in [3.63, 3.8) is 0 Å². The second-order valence-electron chi connectivity index (χ2n) is 6.08. The average Bonchev–Trinajstić information content (AvgIpc) is 2.90. The van der Waals surface area contributed by atoms with Crippen molar-refractivity contribution in [2.75, 3.05) is 20.2 Å². The van der Waals surface area contributed by atoms with Crippen molar-refractivity contribution in [3.05, 3.63) is 29.8 Å². The lowest BCUT2D eigenvalue weighted by Gasteiger charge is -2.27. The van der Waals surface area contributed by atoms with Crippen molar-refractivity contribution in [1.29, 1.82) is 0 Å². The molecular formula is C17H23NO2.